The van der Waals surface area contributed by atoms with E-state index < -0.39 is 11.9 Å². The minimum Gasteiger partial charge on any atom is -0.481 e. The molecule has 2 rings (SSSR count). The smallest absolute Gasteiger partial charge is 0.310 e. The average molecular weight is 261 g/mol. The molecule has 3 heteroatoms. The third kappa shape index (κ3) is 2.39. The van der Waals surface area contributed by atoms with Crippen LogP contribution in [-0.2, 0) is 4.79 Å². The Morgan fingerprint density at radius 2 is 1.78 bits per heavy atom. The highest BCUT2D eigenvalue weighted by Gasteiger charge is 2.19. The van der Waals surface area contributed by atoms with Crippen LogP contribution in [0.5, 0.6) is 0 Å². The third-order valence-electron chi connectivity index (χ3n) is 2.95. The molecular formula is C15H13ClO2. The zero-order chi connectivity index (χ0) is 13.1. The molecule has 1 atom stereocenters. The van der Waals surface area contributed by atoms with E-state index in [2.05, 4.69) is 0 Å². The first-order valence-electron chi connectivity index (χ1n) is 5.68. The molecule has 0 bridgehead atoms. The molecule has 18 heavy (non-hydrogen) atoms. The van der Waals surface area contributed by atoms with Crippen LogP contribution in [0.25, 0.3) is 11.1 Å². The Kier molecular flexibility index (Phi) is 3.68. The van der Waals surface area contributed by atoms with Gasteiger partial charge in [-0.25, -0.2) is 0 Å². The predicted molar refractivity (Wildman–Crippen MR) is 72.9 cm³/mol. The Morgan fingerprint density at radius 3 is 2.39 bits per heavy atom. The van der Waals surface area contributed by atoms with Gasteiger partial charge in [0, 0.05) is 10.6 Å². The van der Waals surface area contributed by atoms with E-state index >= 15 is 0 Å². The number of benzene rings is 2. The summed E-state index contributed by atoms with van der Waals surface area (Å²) in [5.41, 5.74) is 2.47. The highest BCUT2D eigenvalue weighted by atomic mass is 35.5. The molecule has 0 heterocycles. The molecule has 1 unspecified atom stereocenters. The van der Waals surface area contributed by atoms with Gasteiger partial charge in [-0.2, -0.15) is 0 Å². The summed E-state index contributed by atoms with van der Waals surface area (Å²) in [6.07, 6.45) is 0. The van der Waals surface area contributed by atoms with Crippen molar-refractivity contribution in [2.45, 2.75) is 12.8 Å². The quantitative estimate of drug-likeness (QED) is 0.898. The fourth-order valence-electron chi connectivity index (χ4n) is 1.94. The van der Waals surface area contributed by atoms with Crippen molar-refractivity contribution in [3.63, 3.8) is 0 Å². The Hall–Kier alpha value is -1.80. The fourth-order valence-corrected chi connectivity index (χ4v) is 2.24. The Balaban J connectivity index is 2.62. The Morgan fingerprint density at radius 1 is 1.11 bits per heavy atom. The zero-order valence-corrected chi connectivity index (χ0v) is 10.7. The summed E-state index contributed by atoms with van der Waals surface area (Å²) in [7, 11) is 0. The van der Waals surface area contributed by atoms with Gasteiger partial charge in [-0.05, 0) is 24.1 Å². The number of carbonyl (C=O) groups is 1. The predicted octanol–water partition coefficient (Wildman–Crippen LogP) is 4.20. The SMILES string of the molecule is CC(C(=O)O)c1cccc(Cl)c1-c1ccccc1. The lowest BCUT2D eigenvalue weighted by Crippen LogP contribution is -2.08. The third-order valence-corrected chi connectivity index (χ3v) is 3.26. The summed E-state index contributed by atoms with van der Waals surface area (Å²) in [5, 5.41) is 9.73. The molecule has 0 saturated carbocycles. The van der Waals surface area contributed by atoms with Gasteiger partial charge in [0.1, 0.15) is 0 Å². The van der Waals surface area contributed by atoms with Crippen LogP contribution in [0.1, 0.15) is 18.4 Å². The number of halogens is 1. The van der Waals surface area contributed by atoms with Crippen molar-refractivity contribution < 1.29 is 9.90 Å². The normalized spacial score (nSPS) is 12.1. The van der Waals surface area contributed by atoms with Gasteiger partial charge in [-0.1, -0.05) is 54.1 Å². The molecule has 0 amide bonds. The Labute approximate surface area is 111 Å². The van der Waals surface area contributed by atoms with E-state index in [0.717, 1.165) is 16.7 Å². The maximum atomic E-state index is 11.2. The standard InChI is InChI=1S/C15H13ClO2/c1-10(15(17)18)12-8-5-9-13(16)14(12)11-6-3-2-4-7-11/h2-10H,1H3,(H,17,18). The highest BCUT2D eigenvalue weighted by Crippen LogP contribution is 2.35. The van der Waals surface area contributed by atoms with Crippen molar-refractivity contribution in [2.24, 2.45) is 0 Å². The van der Waals surface area contributed by atoms with Gasteiger partial charge in [-0.3, -0.25) is 4.79 Å². The van der Waals surface area contributed by atoms with Crippen LogP contribution < -0.4 is 0 Å². The molecule has 0 aliphatic carbocycles. The van der Waals surface area contributed by atoms with Crippen molar-refractivity contribution in [3.05, 3.63) is 59.1 Å². The van der Waals surface area contributed by atoms with Crippen molar-refractivity contribution in [3.8, 4) is 11.1 Å². The largest absolute Gasteiger partial charge is 0.481 e. The van der Waals surface area contributed by atoms with Crippen LogP contribution in [-0.4, -0.2) is 11.1 Å². The average Bonchev–Trinajstić information content (AvgIpc) is 2.38. The van der Waals surface area contributed by atoms with Gasteiger partial charge >= 0.3 is 5.97 Å². The van der Waals surface area contributed by atoms with Gasteiger partial charge in [0.25, 0.3) is 0 Å². The van der Waals surface area contributed by atoms with E-state index in [1.165, 1.54) is 0 Å². The second-order valence-electron chi connectivity index (χ2n) is 4.13. The number of aliphatic carboxylic acids is 1. The summed E-state index contributed by atoms with van der Waals surface area (Å²) >= 11 is 6.22. The first-order chi connectivity index (χ1) is 8.61. The molecule has 0 saturated heterocycles. The van der Waals surface area contributed by atoms with Crippen LogP contribution in [0.15, 0.2) is 48.5 Å². The number of hydrogen-bond acceptors (Lipinski definition) is 1. The maximum Gasteiger partial charge on any atom is 0.310 e. The molecule has 0 aliphatic rings. The topological polar surface area (TPSA) is 37.3 Å². The van der Waals surface area contributed by atoms with Crippen molar-refractivity contribution in [1.29, 1.82) is 0 Å². The van der Waals surface area contributed by atoms with Crippen molar-refractivity contribution in [1.82, 2.24) is 0 Å². The molecule has 0 spiro atoms. The van der Waals surface area contributed by atoms with Crippen molar-refractivity contribution >= 4 is 17.6 Å². The number of rotatable bonds is 3. The van der Waals surface area contributed by atoms with Gasteiger partial charge in [0.05, 0.1) is 5.92 Å². The first kappa shape index (κ1) is 12.7. The maximum absolute atomic E-state index is 11.2. The second kappa shape index (κ2) is 5.23. The molecule has 0 aromatic heterocycles. The molecule has 2 aromatic rings. The van der Waals surface area contributed by atoms with E-state index in [4.69, 9.17) is 16.7 Å². The van der Waals surface area contributed by atoms with Crippen LogP contribution in [0.2, 0.25) is 5.02 Å². The monoisotopic (exact) mass is 260 g/mol. The first-order valence-corrected chi connectivity index (χ1v) is 6.05. The summed E-state index contributed by atoms with van der Waals surface area (Å²) < 4.78 is 0. The van der Waals surface area contributed by atoms with Gasteiger partial charge < -0.3 is 5.11 Å². The second-order valence-corrected chi connectivity index (χ2v) is 4.54. The van der Waals surface area contributed by atoms with Crippen LogP contribution >= 0.6 is 11.6 Å². The molecule has 0 fully saturated rings. The molecule has 0 aliphatic heterocycles. The van der Waals surface area contributed by atoms with E-state index in [9.17, 15) is 4.79 Å². The van der Waals surface area contributed by atoms with Crippen LogP contribution in [0.3, 0.4) is 0 Å². The Bertz CT molecular complexity index is 564. The summed E-state index contributed by atoms with van der Waals surface area (Å²) in [5.74, 6) is -1.44. The number of hydrogen-bond donors (Lipinski definition) is 1. The number of carboxylic acids is 1. The molecule has 0 radical (unpaired) electrons. The minimum absolute atomic E-state index is 0.576. The van der Waals surface area contributed by atoms with Gasteiger partial charge in [0.2, 0.25) is 0 Å². The summed E-state index contributed by atoms with van der Waals surface area (Å²) in [6.45, 7) is 1.67. The van der Waals surface area contributed by atoms with E-state index in [0.29, 0.717) is 5.02 Å². The van der Waals surface area contributed by atoms with Crippen molar-refractivity contribution in [2.75, 3.05) is 0 Å². The van der Waals surface area contributed by atoms with Gasteiger partial charge in [-0.15, -0.1) is 0 Å². The fraction of sp³-hybridized carbons (Fsp3) is 0.133. The lowest BCUT2D eigenvalue weighted by atomic mass is 9.91. The lowest BCUT2D eigenvalue weighted by Gasteiger charge is -2.14. The van der Waals surface area contributed by atoms with E-state index in [1.807, 2.05) is 36.4 Å². The number of carboxylic acid groups (broad SMARTS) is 1. The summed E-state index contributed by atoms with van der Waals surface area (Å²) in [4.78, 5) is 11.2. The molecule has 1 N–H and O–H groups in total. The van der Waals surface area contributed by atoms with Gasteiger partial charge in [0.15, 0.2) is 0 Å². The van der Waals surface area contributed by atoms with Crippen LogP contribution in [0, 0.1) is 0 Å². The zero-order valence-electron chi connectivity index (χ0n) is 9.93. The van der Waals surface area contributed by atoms with E-state index in [-0.39, 0.29) is 0 Å². The summed E-state index contributed by atoms with van der Waals surface area (Å²) in [6, 6.07) is 15.0. The molecular weight excluding hydrogens is 248 g/mol. The molecule has 2 nitrogen and oxygen atoms in total. The lowest BCUT2D eigenvalue weighted by molar-refractivity contribution is -0.138. The molecule has 92 valence electrons. The van der Waals surface area contributed by atoms with E-state index in [1.54, 1.807) is 19.1 Å². The molecule has 2 aromatic carbocycles. The van der Waals surface area contributed by atoms with Crippen LogP contribution in [0.4, 0.5) is 0 Å². The highest BCUT2D eigenvalue weighted by molar-refractivity contribution is 6.33. The minimum atomic E-state index is -0.852.